The summed E-state index contributed by atoms with van der Waals surface area (Å²) in [6.07, 6.45) is 2.74. The van der Waals surface area contributed by atoms with Gasteiger partial charge in [-0.25, -0.2) is 0 Å². The van der Waals surface area contributed by atoms with E-state index in [1.165, 1.54) is 0 Å². The lowest BCUT2D eigenvalue weighted by Gasteiger charge is -2.23. The Balaban J connectivity index is 1.96. The molecule has 0 spiro atoms. The maximum Gasteiger partial charge on any atom is 0.250 e. The predicted octanol–water partition coefficient (Wildman–Crippen LogP) is 2.62. The summed E-state index contributed by atoms with van der Waals surface area (Å²) in [6.45, 7) is 4.35. The molecule has 0 aromatic carbocycles. The zero-order chi connectivity index (χ0) is 15.2. The van der Waals surface area contributed by atoms with Crippen molar-refractivity contribution in [3.05, 3.63) is 34.0 Å². The fourth-order valence-corrected chi connectivity index (χ4v) is 3.98. The van der Waals surface area contributed by atoms with E-state index in [1.54, 1.807) is 28.0 Å². The van der Waals surface area contributed by atoms with E-state index < -0.39 is 0 Å². The lowest BCUT2D eigenvalue weighted by molar-refractivity contribution is -0.135. The van der Waals surface area contributed by atoms with Crippen LogP contribution in [0.2, 0.25) is 0 Å². The number of hydrogen-bond acceptors (Lipinski definition) is 4. The monoisotopic (exact) mass is 324 g/mol. The molecule has 0 bridgehead atoms. The van der Waals surface area contributed by atoms with E-state index in [4.69, 9.17) is 0 Å². The Labute approximate surface area is 133 Å². The number of carbonyl (C=O) groups is 2. The van der Waals surface area contributed by atoms with Crippen LogP contribution in [-0.4, -0.2) is 34.4 Å². The molecule has 21 heavy (non-hydrogen) atoms. The second kappa shape index (κ2) is 7.66. The second-order valence-corrected chi connectivity index (χ2v) is 6.92. The van der Waals surface area contributed by atoms with Crippen LogP contribution in [-0.2, 0) is 16.1 Å². The molecule has 0 aliphatic carbocycles. The van der Waals surface area contributed by atoms with Gasteiger partial charge in [-0.15, -0.1) is 23.1 Å². The summed E-state index contributed by atoms with van der Waals surface area (Å²) in [6, 6.07) is 3.60. The number of carbonyl (C=O) groups excluding carboxylic acids is 2. The molecule has 1 N–H and O–H groups in total. The summed E-state index contributed by atoms with van der Waals surface area (Å²) in [5.74, 6) is 1.16. The number of rotatable bonds is 5. The summed E-state index contributed by atoms with van der Waals surface area (Å²) in [7, 11) is 0. The molecule has 0 radical (unpaired) electrons. The van der Waals surface area contributed by atoms with Crippen molar-refractivity contribution in [2.24, 2.45) is 0 Å². The number of thioether (sulfide) groups is 1. The minimum atomic E-state index is -0.359. The Morgan fingerprint density at radius 3 is 3.00 bits per heavy atom. The largest absolute Gasteiger partial charge is 0.349 e. The molecule has 1 atom stereocenters. The van der Waals surface area contributed by atoms with Crippen LogP contribution >= 0.6 is 23.1 Å². The van der Waals surface area contributed by atoms with E-state index in [1.807, 2.05) is 37.4 Å². The summed E-state index contributed by atoms with van der Waals surface area (Å²) < 4.78 is 0. The van der Waals surface area contributed by atoms with Gasteiger partial charge in [0.1, 0.15) is 6.04 Å². The molecule has 1 fully saturated rings. The first kappa shape index (κ1) is 16.1. The third kappa shape index (κ3) is 4.11. The van der Waals surface area contributed by atoms with E-state index in [0.717, 1.165) is 16.9 Å². The highest BCUT2D eigenvalue weighted by Gasteiger charge is 2.34. The first-order valence-electron chi connectivity index (χ1n) is 6.99. The van der Waals surface area contributed by atoms with E-state index in [-0.39, 0.29) is 17.9 Å². The van der Waals surface area contributed by atoms with Crippen molar-refractivity contribution in [3.8, 4) is 0 Å². The molecule has 4 nitrogen and oxygen atoms in total. The van der Waals surface area contributed by atoms with Crippen molar-refractivity contribution in [2.45, 2.75) is 32.9 Å². The molecule has 1 aromatic rings. The smallest absolute Gasteiger partial charge is 0.250 e. The summed E-state index contributed by atoms with van der Waals surface area (Å²) in [5, 5.41) is 4.92. The van der Waals surface area contributed by atoms with E-state index >= 15 is 0 Å². The van der Waals surface area contributed by atoms with Gasteiger partial charge in [-0.3, -0.25) is 9.59 Å². The standard InChI is InChI=1S/C15H20N2O2S2/c1-3-5-11(2)15(19)17-10-20-9-13(17)14(18)16-8-12-6-4-7-21-12/h4-7,13H,3,8-10H2,1-2H3,(H,16,18)/b11-5+/t13-/m0/s1. The van der Waals surface area contributed by atoms with E-state index in [0.29, 0.717) is 18.2 Å². The number of thiophene rings is 1. The molecule has 6 heteroatoms. The quantitative estimate of drug-likeness (QED) is 0.847. The van der Waals surface area contributed by atoms with Crippen LogP contribution in [0.5, 0.6) is 0 Å². The number of nitrogens with one attached hydrogen (secondary N) is 1. The SMILES string of the molecule is CC/C=C(\C)C(=O)N1CSC[C@H]1C(=O)NCc1cccs1. The van der Waals surface area contributed by atoms with Gasteiger partial charge in [0.15, 0.2) is 0 Å². The lowest BCUT2D eigenvalue weighted by Crippen LogP contribution is -2.47. The fourth-order valence-electron chi connectivity index (χ4n) is 2.19. The maximum atomic E-state index is 12.3. The predicted molar refractivity (Wildman–Crippen MR) is 88.2 cm³/mol. The van der Waals surface area contributed by atoms with Gasteiger partial charge in [0.25, 0.3) is 5.91 Å². The van der Waals surface area contributed by atoms with Crippen LogP contribution in [0.25, 0.3) is 0 Å². The average molecular weight is 324 g/mol. The number of allylic oxidation sites excluding steroid dienone is 1. The summed E-state index contributed by atoms with van der Waals surface area (Å²) in [4.78, 5) is 27.4. The van der Waals surface area contributed by atoms with Gasteiger partial charge in [0.2, 0.25) is 5.91 Å². The van der Waals surface area contributed by atoms with Crippen LogP contribution < -0.4 is 5.32 Å². The Hall–Kier alpha value is -1.27. The normalized spacial score (nSPS) is 18.9. The second-order valence-electron chi connectivity index (χ2n) is 4.88. The molecule has 1 saturated heterocycles. The minimum Gasteiger partial charge on any atom is -0.349 e. The zero-order valence-electron chi connectivity index (χ0n) is 12.3. The first-order chi connectivity index (χ1) is 10.1. The third-order valence-electron chi connectivity index (χ3n) is 3.31. The van der Waals surface area contributed by atoms with Crippen LogP contribution in [0.4, 0.5) is 0 Å². The Bertz CT molecular complexity index is 526. The lowest BCUT2D eigenvalue weighted by atomic mass is 10.2. The van der Waals surface area contributed by atoms with Gasteiger partial charge in [-0.05, 0) is 24.8 Å². The highest BCUT2D eigenvalue weighted by Crippen LogP contribution is 2.23. The molecule has 0 saturated carbocycles. The molecular formula is C15H20N2O2S2. The van der Waals surface area contributed by atoms with Gasteiger partial charge in [-0.1, -0.05) is 19.1 Å². The summed E-state index contributed by atoms with van der Waals surface area (Å²) >= 11 is 3.24. The molecule has 1 aliphatic heterocycles. The highest BCUT2D eigenvalue weighted by molar-refractivity contribution is 7.99. The number of nitrogens with zero attached hydrogens (tertiary/aromatic N) is 1. The van der Waals surface area contributed by atoms with Crippen LogP contribution in [0.15, 0.2) is 29.2 Å². The number of hydrogen-bond donors (Lipinski definition) is 1. The molecule has 0 unspecified atom stereocenters. The van der Waals surface area contributed by atoms with Crippen molar-refractivity contribution in [3.63, 3.8) is 0 Å². The minimum absolute atomic E-state index is 0.0295. The molecule has 1 aromatic heterocycles. The third-order valence-corrected chi connectivity index (χ3v) is 5.20. The van der Waals surface area contributed by atoms with E-state index in [2.05, 4.69) is 5.32 Å². The summed E-state index contributed by atoms with van der Waals surface area (Å²) in [5.41, 5.74) is 0.719. The Morgan fingerprint density at radius 2 is 2.33 bits per heavy atom. The highest BCUT2D eigenvalue weighted by atomic mass is 32.2. The molecule has 1 aliphatic rings. The molecule has 2 amide bonds. The van der Waals surface area contributed by atoms with Crippen molar-refractivity contribution in [1.82, 2.24) is 10.2 Å². The Kier molecular flexibility index (Phi) is 5.87. The zero-order valence-corrected chi connectivity index (χ0v) is 13.9. The van der Waals surface area contributed by atoms with Gasteiger partial charge in [0.05, 0.1) is 12.4 Å². The molecule has 2 heterocycles. The van der Waals surface area contributed by atoms with Crippen LogP contribution in [0.3, 0.4) is 0 Å². The number of amides is 2. The molecule has 2 rings (SSSR count). The van der Waals surface area contributed by atoms with Crippen molar-refractivity contribution >= 4 is 34.9 Å². The van der Waals surface area contributed by atoms with Gasteiger partial charge in [-0.2, -0.15) is 0 Å². The van der Waals surface area contributed by atoms with Gasteiger partial charge >= 0.3 is 0 Å². The van der Waals surface area contributed by atoms with Gasteiger partial charge in [0, 0.05) is 16.2 Å². The Morgan fingerprint density at radius 1 is 1.52 bits per heavy atom. The van der Waals surface area contributed by atoms with Crippen molar-refractivity contribution in [2.75, 3.05) is 11.6 Å². The fraction of sp³-hybridized carbons (Fsp3) is 0.467. The maximum absolute atomic E-state index is 12.3. The molecular weight excluding hydrogens is 304 g/mol. The molecule has 114 valence electrons. The van der Waals surface area contributed by atoms with Crippen LogP contribution in [0.1, 0.15) is 25.1 Å². The van der Waals surface area contributed by atoms with Gasteiger partial charge < -0.3 is 10.2 Å². The first-order valence-corrected chi connectivity index (χ1v) is 9.02. The van der Waals surface area contributed by atoms with E-state index in [9.17, 15) is 9.59 Å². The van der Waals surface area contributed by atoms with Crippen molar-refractivity contribution < 1.29 is 9.59 Å². The average Bonchev–Trinajstić information content (AvgIpc) is 3.15. The topological polar surface area (TPSA) is 49.4 Å². The van der Waals surface area contributed by atoms with Crippen LogP contribution in [0, 0.1) is 0 Å². The van der Waals surface area contributed by atoms with Crippen molar-refractivity contribution in [1.29, 1.82) is 0 Å².